The molecule has 0 radical (unpaired) electrons. The van der Waals surface area contributed by atoms with E-state index in [-0.39, 0.29) is 5.69 Å². The van der Waals surface area contributed by atoms with Crippen LogP contribution in [0.2, 0.25) is 0 Å². The number of rotatable bonds is 6. The third-order valence-corrected chi connectivity index (χ3v) is 2.94. The molecule has 0 spiro atoms. The number of carbonyl (C=O) groups excluding carboxylic acids is 2. The predicted molar refractivity (Wildman–Crippen MR) is 82.5 cm³/mol. The van der Waals surface area contributed by atoms with Gasteiger partial charge in [-0.05, 0) is 31.2 Å². The molecule has 24 heavy (non-hydrogen) atoms. The number of halogens is 2. The lowest BCUT2D eigenvalue weighted by atomic mass is 10.3. The molecule has 0 heterocycles. The largest absolute Gasteiger partial charge is 0.479 e. The summed E-state index contributed by atoms with van der Waals surface area (Å²) >= 11 is 0. The van der Waals surface area contributed by atoms with Gasteiger partial charge in [0, 0.05) is 6.07 Å². The van der Waals surface area contributed by atoms with Gasteiger partial charge in [-0.1, -0.05) is 18.2 Å². The van der Waals surface area contributed by atoms with Crippen molar-refractivity contribution in [3.8, 4) is 5.75 Å². The molecule has 7 heteroatoms. The Bertz CT molecular complexity index is 722. The Morgan fingerprint density at radius 2 is 1.83 bits per heavy atom. The number of amides is 1. The van der Waals surface area contributed by atoms with Crippen molar-refractivity contribution < 1.29 is 27.8 Å². The summed E-state index contributed by atoms with van der Waals surface area (Å²) < 4.78 is 36.5. The molecular weight excluding hydrogens is 320 g/mol. The molecule has 0 aliphatic carbocycles. The molecule has 1 N–H and O–H groups in total. The Morgan fingerprint density at radius 3 is 2.54 bits per heavy atom. The second kappa shape index (κ2) is 8.05. The van der Waals surface area contributed by atoms with Crippen molar-refractivity contribution in [1.82, 2.24) is 0 Å². The molecule has 0 bridgehead atoms. The third-order valence-electron chi connectivity index (χ3n) is 2.94. The van der Waals surface area contributed by atoms with Gasteiger partial charge in [0.1, 0.15) is 17.4 Å². The smallest absolute Gasteiger partial charge is 0.347 e. The Hall–Kier alpha value is -2.96. The van der Waals surface area contributed by atoms with Crippen LogP contribution in [-0.2, 0) is 14.3 Å². The van der Waals surface area contributed by atoms with Crippen LogP contribution in [0.1, 0.15) is 6.92 Å². The summed E-state index contributed by atoms with van der Waals surface area (Å²) in [5, 5.41) is 2.12. The lowest BCUT2D eigenvalue weighted by molar-refractivity contribution is -0.153. The summed E-state index contributed by atoms with van der Waals surface area (Å²) in [6.45, 7) is 0.830. The van der Waals surface area contributed by atoms with Gasteiger partial charge in [0.25, 0.3) is 5.91 Å². The first-order valence-electron chi connectivity index (χ1n) is 7.09. The molecule has 0 fully saturated rings. The van der Waals surface area contributed by atoms with E-state index in [1.807, 2.05) is 0 Å². The Morgan fingerprint density at radius 1 is 1.12 bits per heavy atom. The first-order chi connectivity index (χ1) is 11.5. The minimum absolute atomic E-state index is 0.329. The third kappa shape index (κ3) is 5.05. The van der Waals surface area contributed by atoms with E-state index in [0.29, 0.717) is 5.75 Å². The number of ether oxygens (including phenoxy) is 2. The number of hydrogen-bond acceptors (Lipinski definition) is 4. The van der Waals surface area contributed by atoms with E-state index < -0.39 is 36.2 Å². The Labute approximate surface area is 137 Å². The quantitative estimate of drug-likeness (QED) is 0.825. The molecule has 0 aliphatic rings. The maximum absolute atomic E-state index is 13.4. The molecule has 126 valence electrons. The lowest BCUT2D eigenvalue weighted by Gasteiger charge is -2.14. The van der Waals surface area contributed by atoms with Crippen LogP contribution in [0.15, 0.2) is 48.5 Å². The molecule has 0 unspecified atom stereocenters. The van der Waals surface area contributed by atoms with Crippen LogP contribution in [0, 0.1) is 11.6 Å². The van der Waals surface area contributed by atoms with Gasteiger partial charge in [0.2, 0.25) is 0 Å². The SMILES string of the molecule is C[C@@H](Oc1ccccc1)C(=O)OCC(=O)Nc1cc(F)ccc1F. The van der Waals surface area contributed by atoms with Crippen molar-refractivity contribution in [2.45, 2.75) is 13.0 Å². The summed E-state index contributed by atoms with van der Waals surface area (Å²) in [7, 11) is 0. The van der Waals surface area contributed by atoms with Crippen LogP contribution in [0.5, 0.6) is 5.75 Å². The molecule has 0 saturated heterocycles. The molecule has 2 rings (SSSR count). The number of para-hydroxylation sites is 1. The summed E-state index contributed by atoms with van der Waals surface area (Å²) in [5.74, 6) is -2.56. The summed E-state index contributed by atoms with van der Waals surface area (Å²) in [5.41, 5.74) is -0.329. The van der Waals surface area contributed by atoms with E-state index in [9.17, 15) is 18.4 Å². The van der Waals surface area contributed by atoms with Gasteiger partial charge in [-0.15, -0.1) is 0 Å². The average Bonchev–Trinajstić information content (AvgIpc) is 2.57. The highest BCUT2D eigenvalue weighted by molar-refractivity contribution is 5.93. The normalized spacial score (nSPS) is 11.5. The van der Waals surface area contributed by atoms with E-state index in [0.717, 1.165) is 18.2 Å². The van der Waals surface area contributed by atoms with E-state index in [1.165, 1.54) is 6.92 Å². The van der Waals surface area contributed by atoms with Crippen molar-refractivity contribution in [3.63, 3.8) is 0 Å². The van der Waals surface area contributed by atoms with Crippen LogP contribution < -0.4 is 10.1 Å². The molecule has 2 aromatic carbocycles. The summed E-state index contributed by atoms with van der Waals surface area (Å²) in [6, 6.07) is 11.3. The lowest BCUT2D eigenvalue weighted by Crippen LogP contribution is -2.29. The summed E-state index contributed by atoms with van der Waals surface area (Å²) in [4.78, 5) is 23.4. The summed E-state index contributed by atoms with van der Waals surface area (Å²) in [6.07, 6.45) is -0.925. The van der Waals surface area contributed by atoms with Crippen molar-refractivity contribution in [2.75, 3.05) is 11.9 Å². The second-order valence-corrected chi connectivity index (χ2v) is 4.85. The minimum Gasteiger partial charge on any atom is -0.479 e. The number of carbonyl (C=O) groups is 2. The van der Waals surface area contributed by atoms with Crippen molar-refractivity contribution in [3.05, 3.63) is 60.2 Å². The van der Waals surface area contributed by atoms with Gasteiger partial charge in [-0.3, -0.25) is 4.79 Å². The van der Waals surface area contributed by atoms with E-state index >= 15 is 0 Å². The fraction of sp³-hybridized carbons (Fsp3) is 0.176. The topological polar surface area (TPSA) is 64.6 Å². The molecule has 2 aromatic rings. The van der Waals surface area contributed by atoms with Crippen LogP contribution in [0.25, 0.3) is 0 Å². The predicted octanol–water partition coefficient (Wildman–Crippen LogP) is 2.91. The zero-order chi connectivity index (χ0) is 17.5. The first kappa shape index (κ1) is 17.4. The monoisotopic (exact) mass is 335 g/mol. The maximum atomic E-state index is 13.4. The van der Waals surface area contributed by atoms with Crippen LogP contribution in [-0.4, -0.2) is 24.6 Å². The number of esters is 1. The maximum Gasteiger partial charge on any atom is 0.347 e. The van der Waals surface area contributed by atoms with Gasteiger partial charge >= 0.3 is 5.97 Å². The van der Waals surface area contributed by atoms with Crippen LogP contribution in [0.4, 0.5) is 14.5 Å². The second-order valence-electron chi connectivity index (χ2n) is 4.85. The van der Waals surface area contributed by atoms with E-state index in [4.69, 9.17) is 9.47 Å². The number of anilines is 1. The average molecular weight is 335 g/mol. The number of hydrogen-bond donors (Lipinski definition) is 1. The molecule has 0 aromatic heterocycles. The number of benzene rings is 2. The number of nitrogens with one attached hydrogen (secondary N) is 1. The molecule has 0 aliphatic heterocycles. The van der Waals surface area contributed by atoms with Crippen molar-refractivity contribution in [1.29, 1.82) is 0 Å². The zero-order valence-corrected chi connectivity index (χ0v) is 12.8. The fourth-order valence-electron chi connectivity index (χ4n) is 1.78. The van der Waals surface area contributed by atoms with Crippen LogP contribution >= 0.6 is 0 Å². The Kier molecular flexibility index (Phi) is 5.83. The van der Waals surface area contributed by atoms with E-state index in [1.54, 1.807) is 30.3 Å². The van der Waals surface area contributed by atoms with Crippen LogP contribution in [0.3, 0.4) is 0 Å². The van der Waals surface area contributed by atoms with Gasteiger partial charge in [-0.25, -0.2) is 13.6 Å². The molecule has 1 amide bonds. The van der Waals surface area contributed by atoms with Gasteiger partial charge in [-0.2, -0.15) is 0 Å². The molecule has 5 nitrogen and oxygen atoms in total. The highest BCUT2D eigenvalue weighted by atomic mass is 19.1. The molecular formula is C17H15F2NO4. The standard InChI is InChI=1S/C17H15F2NO4/c1-11(24-13-5-3-2-4-6-13)17(22)23-10-16(21)20-15-9-12(18)7-8-14(15)19/h2-9,11H,10H2,1H3,(H,20,21)/t11-/m1/s1. The van der Waals surface area contributed by atoms with Gasteiger partial charge < -0.3 is 14.8 Å². The van der Waals surface area contributed by atoms with Gasteiger partial charge in [0.15, 0.2) is 12.7 Å². The highest BCUT2D eigenvalue weighted by Crippen LogP contribution is 2.15. The molecule has 0 saturated carbocycles. The first-order valence-corrected chi connectivity index (χ1v) is 7.09. The minimum atomic E-state index is -0.925. The zero-order valence-electron chi connectivity index (χ0n) is 12.8. The molecule has 1 atom stereocenters. The highest BCUT2D eigenvalue weighted by Gasteiger charge is 2.18. The van der Waals surface area contributed by atoms with Gasteiger partial charge in [0.05, 0.1) is 5.69 Å². The van der Waals surface area contributed by atoms with Crippen molar-refractivity contribution in [2.24, 2.45) is 0 Å². The fourth-order valence-corrected chi connectivity index (χ4v) is 1.78. The Balaban J connectivity index is 1.82. The van der Waals surface area contributed by atoms with E-state index in [2.05, 4.69) is 5.32 Å². The van der Waals surface area contributed by atoms with Crippen molar-refractivity contribution >= 4 is 17.6 Å².